The van der Waals surface area contributed by atoms with Crippen LogP contribution in [0.5, 0.6) is 0 Å². The Hall–Kier alpha value is -2.80. The van der Waals surface area contributed by atoms with Gasteiger partial charge in [0.05, 0.1) is 6.54 Å². The minimum absolute atomic E-state index is 0.111. The minimum atomic E-state index is -0.412. The fourth-order valence-corrected chi connectivity index (χ4v) is 3.89. The highest BCUT2D eigenvalue weighted by molar-refractivity contribution is 6.31. The van der Waals surface area contributed by atoms with Gasteiger partial charge in [0.1, 0.15) is 0 Å². The number of hydrogen-bond acceptors (Lipinski definition) is 3. The maximum absolute atomic E-state index is 13.3. The van der Waals surface area contributed by atoms with Gasteiger partial charge in [-0.25, -0.2) is 4.79 Å². The Balaban J connectivity index is 2.04. The second kappa shape index (κ2) is 6.67. The molecule has 146 valence electrons. The van der Waals surface area contributed by atoms with E-state index in [2.05, 4.69) is 23.4 Å². The molecule has 3 aromatic heterocycles. The Morgan fingerprint density at radius 3 is 2.61 bits per heavy atom. The largest absolute Gasteiger partial charge is 0.332 e. The van der Waals surface area contributed by atoms with Gasteiger partial charge in [-0.05, 0) is 31.9 Å². The van der Waals surface area contributed by atoms with E-state index in [4.69, 9.17) is 11.6 Å². The first-order chi connectivity index (χ1) is 13.3. The fourth-order valence-electron chi connectivity index (χ4n) is 3.69. The number of rotatable bonds is 4. The molecule has 28 heavy (non-hydrogen) atoms. The van der Waals surface area contributed by atoms with Crippen LogP contribution >= 0.6 is 11.6 Å². The number of aryl methyl sites for hydroxylation is 2. The maximum atomic E-state index is 13.3. The van der Waals surface area contributed by atoms with Crippen LogP contribution in [0, 0.1) is 6.92 Å². The SMILES string of the molecule is CC[C@H](C)n1c(C)cn2c3c(=O)n(Cc4ccccc4Cl)c(=O)n(C)c3nc12. The predicted octanol–water partition coefficient (Wildman–Crippen LogP) is 3.13. The summed E-state index contributed by atoms with van der Waals surface area (Å²) >= 11 is 6.24. The molecule has 0 bridgehead atoms. The summed E-state index contributed by atoms with van der Waals surface area (Å²) in [6.07, 6.45) is 2.84. The topological polar surface area (TPSA) is 66.2 Å². The van der Waals surface area contributed by atoms with E-state index in [0.717, 1.165) is 17.7 Å². The zero-order valence-corrected chi connectivity index (χ0v) is 17.1. The van der Waals surface area contributed by atoms with Crippen LogP contribution < -0.4 is 11.2 Å². The molecule has 0 spiro atoms. The molecular formula is C20H22ClN5O2. The van der Waals surface area contributed by atoms with Crippen LogP contribution in [-0.2, 0) is 13.6 Å². The summed E-state index contributed by atoms with van der Waals surface area (Å²) in [6, 6.07) is 7.45. The normalized spacial score (nSPS) is 12.9. The van der Waals surface area contributed by atoms with Gasteiger partial charge in [0, 0.05) is 30.0 Å². The minimum Gasteiger partial charge on any atom is -0.311 e. The molecule has 0 aliphatic rings. The molecule has 0 unspecified atom stereocenters. The van der Waals surface area contributed by atoms with Crippen molar-refractivity contribution < 1.29 is 0 Å². The van der Waals surface area contributed by atoms with Crippen LogP contribution in [0.25, 0.3) is 16.9 Å². The van der Waals surface area contributed by atoms with Gasteiger partial charge in [0.15, 0.2) is 11.2 Å². The number of fused-ring (bicyclic) bond motifs is 3. The average Bonchev–Trinajstić information content (AvgIpc) is 3.18. The zero-order chi connectivity index (χ0) is 20.2. The first-order valence-corrected chi connectivity index (χ1v) is 9.65. The summed E-state index contributed by atoms with van der Waals surface area (Å²) < 4.78 is 6.54. The number of hydrogen-bond donors (Lipinski definition) is 0. The van der Waals surface area contributed by atoms with Crippen molar-refractivity contribution in [3.63, 3.8) is 0 Å². The molecule has 4 rings (SSSR count). The fraction of sp³-hybridized carbons (Fsp3) is 0.350. The van der Waals surface area contributed by atoms with E-state index in [9.17, 15) is 9.59 Å². The zero-order valence-electron chi connectivity index (χ0n) is 16.3. The lowest BCUT2D eigenvalue weighted by atomic mass is 10.2. The lowest BCUT2D eigenvalue weighted by Gasteiger charge is -2.12. The highest BCUT2D eigenvalue weighted by Gasteiger charge is 2.21. The molecule has 0 saturated carbocycles. The van der Waals surface area contributed by atoms with Gasteiger partial charge >= 0.3 is 5.69 Å². The van der Waals surface area contributed by atoms with Gasteiger partial charge in [0.2, 0.25) is 5.78 Å². The van der Waals surface area contributed by atoms with Gasteiger partial charge in [-0.1, -0.05) is 36.7 Å². The molecule has 0 saturated heterocycles. The summed E-state index contributed by atoms with van der Waals surface area (Å²) in [7, 11) is 1.64. The third-order valence-corrected chi connectivity index (χ3v) is 5.76. The van der Waals surface area contributed by atoms with Crippen LogP contribution in [-0.4, -0.2) is 23.1 Å². The number of imidazole rings is 2. The monoisotopic (exact) mass is 399 g/mol. The quantitative estimate of drug-likeness (QED) is 0.529. The van der Waals surface area contributed by atoms with Crippen molar-refractivity contribution in [3.8, 4) is 0 Å². The molecule has 0 amide bonds. The van der Waals surface area contributed by atoms with Crippen molar-refractivity contribution >= 4 is 28.5 Å². The lowest BCUT2D eigenvalue weighted by molar-refractivity contribution is 0.532. The van der Waals surface area contributed by atoms with Crippen LogP contribution in [0.3, 0.4) is 0 Å². The predicted molar refractivity (Wildman–Crippen MR) is 110 cm³/mol. The summed E-state index contributed by atoms with van der Waals surface area (Å²) in [4.78, 5) is 30.8. The molecule has 8 heteroatoms. The molecule has 0 radical (unpaired) electrons. The first-order valence-electron chi connectivity index (χ1n) is 9.28. The van der Waals surface area contributed by atoms with Gasteiger partial charge in [0.25, 0.3) is 5.56 Å². The standard InChI is InChI=1S/C20H22ClN5O2/c1-5-12(2)26-13(3)10-24-16-17(22-19(24)26)23(4)20(28)25(18(16)27)11-14-8-6-7-9-15(14)21/h6-10,12H,5,11H2,1-4H3/t12-/m0/s1. The maximum Gasteiger partial charge on any atom is 0.332 e. The molecular weight excluding hydrogens is 378 g/mol. The van der Waals surface area contributed by atoms with E-state index >= 15 is 0 Å². The highest BCUT2D eigenvalue weighted by atomic mass is 35.5. The molecule has 7 nitrogen and oxygen atoms in total. The molecule has 0 aliphatic heterocycles. The van der Waals surface area contributed by atoms with Crippen LogP contribution in [0.1, 0.15) is 37.6 Å². The van der Waals surface area contributed by atoms with Crippen molar-refractivity contribution in [1.82, 2.24) is 23.1 Å². The molecule has 3 heterocycles. The Labute approximate surface area is 166 Å². The van der Waals surface area contributed by atoms with E-state index in [1.807, 2.05) is 31.3 Å². The Morgan fingerprint density at radius 1 is 1.21 bits per heavy atom. The van der Waals surface area contributed by atoms with E-state index in [1.165, 1.54) is 9.13 Å². The second-order valence-electron chi connectivity index (χ2n) is 7.18. The summed E-state index contributed by atoms with van der Waals surface area (Å²) in [6.45, 7) is 6.33. The van der Waals surface area contributed by atoms with Gasteiger partial charge in [-0.2, -0.15) is 4.98 Å². The van der Waals surface area contributed by atoms with E-state index in [-0.39, 0.29) is 18.1 Å². The summed E-state index contributed by atoms with van der Waals surface area (Å²) in [5.74, 6) is 0.671. The molecule has 1 atom stereocenters. The van der Waals surface area contributed by atoms with Gasteiger partial charge < -0.3 is 4.57 Å². The summed E-state index contributed by atoms with van der Waals surface area (Å²) in [5.41, 5.74) is 1.74. The van der Waals surface area contributed by atoms with E-state index in [0.29, 0.717) is 22.0 Å². The van der Waals surface area contributed by atoms with Crippen LogP contribution in [0.4, 0.5) is 0 Å². The van der Waals surface area contributed by atoms with Crippen molar-refractivity contribution in [2.24, 2.45) is 7.05 Å². The van der Waals surface area contributed by atoms with E-state index in [1.54, 1.807) is 17.5 Å². The molecule has 0 fully saturated rings. The van der Waals surface area contributed by atoms with Gasteiger partial charge in [-0.15, -0.1) is 0 Å². The Bertz CT molecular complexity index is 1320. The Kier molecular flexibility index (Phi) is 4.42. The Morgan fingerprint density at radius 2 is 1.93 bits per heavy atom. The van der Waals surface area contributed by atoms with Crippen LogP contribution in [0.2, 0.25) is 5.02 Å². The third kappa shape index (κ3) is 2.61. The first kappa shape index (κ1) is 18.6. The summed E-state index contributed by atoms with van der Waals surface area (Å²) in [5, 5.41) is 0.522. The third-order valence-electron chi connectivity index (χ3n) is 5.39. The molecule has 0 aliphatic carbocycles. The smallest absolute Gasteiger partial charge is 0.311 e. The van der Waals surface area contributed by atoms with Crippen molar-refractivity contribution in [1.29, 1.82) is 0 Å². The van der Waals surface area contributed by atoms with Gasteiger partial charge in [-0.3, -0.25) is 18.3 Å². The van der Waals surface area contributed by atoms with E-state index < -0.39 is 5.69 Å². The van der Waals surface area contributed by atoms with Crippen molar-refractivity contribution in [2.45, 2.75) is 39.8 Å². The average molecular weight is 400 g/mol. The number of nitrogens with zero attached hydrogens (tertiary/aromatic N) is 5. The van der Waals surface area contributed by atoms with Crippen molar-refractivity contribution in [2.75, 3.05) is 0 Å². The number of halogens is 1. The highest BCUT2D eigenvalue weighted by Crippen LogP contribution is 2.22. The lowest BCUT2D eigenvalue weighted by Crippen LogP contribution is -2.39. The number of benzene rings is 1. The molecule has 4 aromatic rings. The van der Waals surface area contributed by atoms with Crippen molar-refractivity contribution in [3.05, 3.63) is 67.6 Å². The molecule has 0 N–H and O–H groups in total. The number of aromatic nitrogens is 5. The molecule has 1 aromatic carbocycles. The van der Waals surface area contributed by atoms with Crippen LogP contribution in [0.15, 0.2) is 40.1 Å². The second-order valence-corrected chi connectivity index (χ2v) is 7.58.